The molecule has 0 aliphatic carbocycles. The van der Waals surface area contributed by atoms with Crippen molar-refractivity contribution in [3.05, 3.63) is 50.6 Å². The van der Waals surface area contributed by atoms with Gasteiger partial charge in [-0.05, 0) is 46.6 Å². The highest BCUT2D eigenvalue weighted by Gasteiger charge is 2.13. The number of hydrogen-bond acceptors (Lipinski definition) is 7. The largest absolute Gasteiger partial charge is 0.492 e. The number of hydrogen-bond donors (Lipinski definition) is 1. The summed E-state index contributed by atoms with van der Waals surface area (Å²) in [5.41, 5.74) is 3.14. The summed E-state index contributed by atoms with van der Waals surface area (Å²) in [5.74, 6) is 1.22. The Labute approximate surface area is 146 Å². The van der Waals surface area contributed by atoms with Crippen molar-refractivity contribution in [3.63, 3.8) is 0 Å². The first-order chi connectivity index (χ1) is 11.6. The van der Waals surface area contributed by atoms with Crippen LogP contribution in [0.3, 0.4) is 0 Å². The lowest BCUT2D eigenvalue weighted by Gasteiger charge is -2.11. The minimum atomic E-state index is -0.526. The van der Waals surface area contributed by atoms with Crippen molar-refractivity contribution in [2.45, 2.75) is 6.92 Å². The molecule has 0 amide bonds. The van der Waals surface area contributed by atoms with Crippen LogP contribution in [-0.4, -0.2) is 29.8 Å². The Hall–Kier alpha value is -2.68. The number of nitrogens with one attached hydrogen (secondary N) is 1. The van der Waals surface area contributed by atoms with E-state index >= 15 is 0 Å². The van der Waals surface area contributed by atoms with Gasteiger partial charge in [0.05, 0.1) is 29.3 Å². The molecule has 0 atom stereocenters. The number of halogens is 1. The van der Waals surface area contributed by atoms with E-state index in [9.17, 15) is 10.1 Å². The van der Waals surface area contributed by atoms with Crippen LogP contribution >= 0.6 is 15.9 Å². The molecule has 0 saturated carbocycles. The van der Waals surface area contributed by atoms with Gasteiger partial charge in [0.25, 0.3) is 0 Å². The van der Waals surface area contributed by atoms with Crippen LogP contribution in [0.15, 0.2) is 40.0 Å². The number of nitro groups is 1. The van der Waals surface area contributed by atoms with Crippen LogP contribution in [-0.2, 0) is 0 Å². The molecule has 24 heavy (non-hydrogen) atoms. The summed E-state index contributed by atoms with van der Waals surface area (Å²) in [6.07, 6.45) is 2.95. The SMILES string of the molecule is CCOc1cc(/C=N\Nc2ncccc2[N+](=O)[O-])cc(Br)c1OC. The van der Waals surface area contributed by atoms with Crippen LogP contribution in [0, 0.1) is 10.1 Å². The summed E-state index contributed by atoms with van der Waals surface area (Å²) >= 11 is 3.41. The Balaban J connectivity index is 2.22. The third kappa shape index (κ3) is 4.19. The molecule has 0 bridgehead atoms. The monoisotopic (exact) mass is 394 g/mol. The van der Waals surface area contributed by atoms with Gasteiger partial charge in [-0.25, -0.2) is 4.98 Å². The van der Waals surface area contributed by atoms with Crippen molar-refractivity contribution >= 4 is 33.6 Å². The summed E-state index contributed by atoms with van der Waals surface area (Å²) in [4.78, 5) is 14.3. The topological polar surface area (TPSA) is 98.9 Å². The van der Waals surface area contributed by atoms with Gasteiger partial charge in [0, 0.05) is 12.3 Å². The molecule has 1 heterocycles. The maximum absolute atomic E-state index is 10.9. The molecule has 2 aromatic rings. The van der Waals surface area contributed by atoms with E-state index < -0.39 is 4.92 Å². The number of hydrazone groups is 1. The second-order valence-electron chi connectivity index (χ2n) is 4.47. The van der Waals surface area contributed by atoms with Crippen molar-refractivity contribution in [1.29, 1.82) is 0 Å². The summed E-state index contributed by atoms with van der Waals surface area (Å²) in [5, 5.41) is 14.9. The van der Waals surface area contributed by atoms with Gasteiger partial charge in [-0.1, -0.05) is 0 Å². The second-order valence-corrected chi connectivity index (χ2v) is 5.32. The van der Waals surface area contributed by atoms with Gasteiger partial charge in [-0.2, -0.15) is 5.10 Å². The minimum absolute atomic E-state index is 0.0661. The van der Waals surface area contributed by atoms with Crippen LogP contribution in [0.25, 0.3) is 0 Å². The maximum atomic E-state index is 10.9. The van der Waals surface area contributed by atoms with E-state index in [0.29, 0.717) is 22.6 Å². The average molecular weight is 395 g/mol. The van der Waals surface area contributed by atoms with Gasteiger partial charge in [-0.15, -0.1) is 0 Å². The number of ether oxygens (including phenoxy) is 2. The highest BCUT2D eigenvalue weighted by Crippen LogP contribution is 2.36. The second kappa shape index (κ2) is 8.25. The van der Waals surface area contributed by atoms with Gasteiger partial charge in [-0.3, -0.25) is 15.5 Å². The predicted molar refractivity (Wildman–Crippen MR) is 94.0 cm³/mol. The van der Waals surface area contributed by atoms with E-state index in [1.165, 1.54) is 24.5 Å². The fourth-order valence-electron chi connectivity index (χ4n) is 1.92. The van der Waals surface area contributed by atoms with Crippen LogP contribution in [0.4, 0.5) is 11.5 Å². The molecule has 0 radical (unpaired) electrons. The molecule has 0 fully saturated rings. The van der Waals surface area contributed by atoms with E-state index in [-0.39, 0.29) is 11.5 Å². The zero-order valence-electron chi connectivity index (χ0n) is 13.0. The molecular formula is C15H15BrN4O4. The molecule has 1 aromatic carbocycles. The van der Waals surface area contributed by atoms with E-state index in [2.05, 4.69) is 31.4 Å². The molecule has 0 saturated heterocycles. The van der Waals surface area contributed by atoms with Gasteiger partial charge in [0.2, 0.25) is 5.82 Å². The Bertz CT molecular complexity index is 767. The fraction of sp³-hybridized carbons (Fsp3) is 0.200. The van der Waals surface area contributed by atoms with Crippen LogP contribution in [0.1, 0.15) is 12.5 Å². The normalized spacial score (nSPS) is 10.6. The molecule has 126 valence electrons. The number of anilines is 1. The molecule has 2 rings (SSSR count). The smallest absolute Gasteiger partial charge is 0.313 e. The van der Waals surface area contributed by atoms with E-state index in [1.807, 2.05) is 6.92 Å². The summed E-state index contributed by atoms with van der Waals surface area (Å²) in [7, 11) is 1.55. The molecule has 1 aromatic heterocycles. The van der Waals surface area contributed by atoms with Crippen molar-refractivity contribution in [1.82, 2.24) is 4.98 Å². The highest BCUT2D eigenvalue weighted by atomic mass is 79.9. The number of benzene rings is 1. The number of rotatable bonds is 7. The first-order valence-corrected chi connectivity index (χ1v) is 7.75. The van der Waals surface area contributed by atoms with E-state index in [4.69, 9.17) is 9.47 Å². The van der Waals surface area contributed by atoms with Gasteiger partial charge in [0.15, 0.2) is 11.5 Å². The first kappa shape index (κ1) is 17.7. The summed E-state index contributed by atoms with van der Waals surface area (Å²) < 4.78 is 11.5. The van der Waals surface area contributed by atoms with Gasteiger partial charge < -0.3 is 9.47 Å². The molecule has 9 heteroatoms. The van der Waals surface area contributed by atoms with Gasteiger partial charge >= 0.3 is 5.69 Å². The predicted octanol–water partition coefficient (Wildman–Crippen LogP) is 3.61. The van der Waals surface area contributed by atoms with Gasteiger partial charge in [0.1, 0.15) is 0 Å². The Kier molecular flexibility index (Phi) is 6.07. The number of aromatic nitrogens is 1. The third-order valence-electron chi connectivity index (χ3n) is 2.90. The molecule has 0 aliphatic heterocycles. The highest BCUT2D eigenvalue weighted by molar-refractivity contribution is 9.10. The Morgan fingerprint density at radius 3 is 2.96 bits per heavy atom. The molecule has 8 nitrogen and oxygen atoms in total. The molecule has 0 spiro atoms. The lowest BCUT2D eigenvalue weighted by molar-refractivity contribution is -0.384. The van der Waals surface area contributed by atoms with Crippen LogP contribution in [0.5, 0.6) is 11.5 Å². The van der Waals surface area contributed by atoms with Crippen molar-refractivity contribution in [2.24, 2.45) is 5.10 Å². The Morgan fingerprint density at radius 1 is 1.50 bits per heavy atom. The van der Waals surface area contributed by atoms with Crippen molar-refractivity contribution < 1.29 is 14.4 Å². The third-order valence-corrected chi connectivity index (χ3v) is 3.49. The van der Waals surface area contributed by atoms with E-state index in [0.717, 1.165) is 5.56 Å². The van der Waals surface area contributed by atoms with E-state index in [1.54, 1.807) is 19.2 Å². The van der Waals surface area contributed by atoms with Crippen LogP contribution in [0.2, 0.25) is 0 Å². The zero-order chi connectivity index (χ0) is 17.5. The number of pyridine rings is 1. The number of methoxy groups -OCH3 is 1. The average Bonchev–Trinajstić information content (AvgIpc) is 2.55. The Morgan fingerprint density at radius 2 is 2.29 bits per heavy atom. The zero-order valence-corrected chi connectivity index (χ0v) is 14.6. The maximum Gasteiger partial charge on any atom is 0.313 e. The lowest BCUT2D eigenvalue weighted by Crippen LogP contribution is -2.00. The number of nitrogens with zero attached hydrogens (tertiary/aromatic N) is 3. The van der Waals surface area contributed by atoms with Crippen molar-refractivity contribution in [2.75, 3.05) is 19.1 Å². The summed E-state index contributed by atoms with van der Waals surface area (Å²) in [6, 6.07) is 6.38. The molecule has 0 unspecified atom stereocenters. The molecular weight excluding hydrogens is 380 g/mol. The quantitative estimate of drug-likeness (QED) is 0.437. The summed E-state index contributed by atoms with van der Waals surface area (Å²) in [6.45, 7) is 2.36. The van der Waals surface area contributed by atoms with Crippen LogP contribution < -0.4 is 14.9 Å². The molecule has 1 N–H and O–H groups in total. The fourth-order valence-corrected chi connectivity index (χ4v) is 2.54. The van der Waals surface area contributed by atoms with Crippen molar-refractivity contribution in [3.8, 4) is 11.5 Å². The molecule has 0 aliphatic rings. The standard InChI is InChI=1S/C15H15BrN4O4/c1-3-24-13-8-10(7-11(16)14(13)23-2)9-18-19-15-12(20(21)22)5-4-6-17-15/h4-9H,3H2,1-2H3,(H,17,19)/b18-9-. The minimum Gasteiger partial charge on any atom is -0.492 e. The lowest BCUT2D eigenvalue weighted by atomic mass is 10.2. The first-order valence-electron chi connectivity index (χ1n) is 6.95.